The first kappa shape index (κ1) is 8.53. The molecule has 0 radical (unpaired) electrons. The van der Waals surface area contributed by atoms with E-state index >= 15 is 0 Å². The lowest BCUT2D eigenvalue weighted by Crippen LogP contribution is -2.11. The third-order valence-corrected chi connectivity index (χ3v) is 2.47. The summed E-state index contributed by atoms with van der Waals surface area (Å²) in [5, 5.41) is 0. The lowest BCUT2D eigenvalue weighted by molar-refractivity contribution is 1.05. The number of hydrogen-bond acceptors (Lipinski definition) is 2. The van der Waals surface area contributed by atoms with Gasteiger partial charge in [-0.25, -0.2) is 4.98 Å². The van der Waals surface area contributed by atoms with Gasteiger partial charge in [-0.1, -0.05) is 0 Å². The second-order valence-electron chi connectivity index (χ2n) is 2.66. The third-order valence-electron chi connectivity index (χ3n) is 1.49. The maximum absolute atomic E-state index is 4.22. The van der Waals surface area contributed by atoms with Gasteiger partial charge in [0.2, 0.25) is 0 Å². The lowest BCUT2D eigenvalue weighted by Gasteiger charge is -2.13. The first-order valence-electron chi connectivity index (χ1n) is 3.41. The molecule has 0 amide bonds. The molecule has 1 heterocycles. The molecular formula is C8H11BrN2. The molecule has 0 atom stereocenters. The first-order valence-corrected chi connectivity index (χ1v) is 4.20. The maximum atomic E-state index is 4.22. The van der Waals surface area contributed by atoms with Gasteiger partial charge in [0.15, 0.2) is 0 Å². The predicted molar refractivity (Wildman–Crippen MR) is 51.0 cm³/mol. The van der Waals surface area contributed by atoms with E-state index in [4.69, 9.17) is 0 Å². The number of halogens is 1. The lowest BCUT2D eigenvalue weighted by atomic mass is 10.3. The van der Waals surface area contributed by atoms with Gasteiger partial charge in [0.05, 0.1) is 4.47 Å². The zero-order valence-electron chi connectivity index (χ0n) is 6.93. The molecule has 0 fully saturated rings. The van der Waals surface area contributed by atoms with Gasteiger partial charge in [-0.2, -0.15) is 0 Å². The highest BCUT2D eigenvalue weighted by Gasteiger charge is 2.03. The Morgan fingerprint density at radius 2 is 2.09 bits per heavy atom. The molecule has 0 unspecified atom stereocenters. The number of anilines is 1. The largest absolute Gasteiger partial charge is 0.362 e. The highest BCUT2D eigenvalue weighted by molar-refractivity contribution is 9.10. The number of aryl methyl sites for hydroxylation is 1. The van der Waals surface area contributed by atoms with Crippen molar-refractivity contribution >= 4 is 21.7 Å². The van der Waals surface area contributed by atoms with Crippen molar-refractivity contribution in [2.24, 2.45) is 0 Å². The van der Waals surface area contributed by atoms with Crippen LogP contribution in [-0.2, 0) is 0 Å². The van der Waals surface area contributed by atoms with Crippen molar-refractivity contribution in [3.8, 4) is 0 Å². The Labute approximate surface area is 75.4 Å². The molecule has 0 saturated heterocycles. The van der Waals surface area contributed by atoms with Crippen LogP contribution in [0.4, 0.5) is 5.82 Å². The Morgan fingerprint density at radius 3 is 2.55 bits per heavy atom. The average molecular weight is 215 g/mol. The molecule has 0 aliphatic heterocycles. The molecule has 60 valence electrons. The van der Waals surface area contributed by atoms with Gasteiger partial charge in [-0.05, 0) is 34.5 Å². The van der Waals surface area contributed by atoms with Crippen LogP contribution in [0.5, 0.6) is 0 Å². The van der Waals surface area contributed by atoms with Crippen LogP contribution >= 0.6 is 15.9 Å². The van der Waals surface area contributed by atoms with E-state index in [1.54, 1.807) is 0 Å². The fourth-order valence-electron chi connectivity index (χ4n) is 0.838. The van der Waals surface area contributed by atoms with Crippen molar-refractivity contribution in [2.45, 2.75) is 6.92 Å². The molecule has 2 nitrogen and oxygen atoms in total. The van der Waals surface area contributed by atoms with Crippen LogP contribution < -0.4 is 4.90 Å². The van der Waals surface area contributed by atoms with E-state index in [1.807, 2.05) is 31.3 Å². The zero-order valence-corrected chi connectivity index (χ0v) is 8.51. The van der Waals surface area contributed by atoms with E-state index in [1.165, 1.54) is 5.56 Å². The van der Waals surface area contributed by atoms with Crippen LogP contribution in [-0.4, -0.2) is 19.1 Å². The summed E-state index contributed by atoms with van der Waals surface area (Å²) in [6, 6.07) is 1.98. The molecular weight excluding hydrogens is 204 g/mol. The molecule has 0 aliphatic rings. The first-order chi connectivity index (χ1) is 5.13. The van der Waals surface area contributed by atoms with Gasteiger partial charge in [0.25, 0.3) is 0 Å². The number of pyridine rings is 1. The molecule has 0 saturated carbocycles. The Morgan fingerprint density at radius 1 is 1.45 bits per heavy atom. The van der Waals surface area contributed by atoms with Crippen LogP contribution in [0.1, 0.15) is 5.56 Å². The molecule has 0 aliphatic carbocycles. The van der Waals surface area contributed by atoms with E-state index in [0.717, 1.165) is 10.3 Å². The summed E-state index contributed by atoms with van der Waals surface area (Å²) in [5.74, 6) is 0.977. The van der Waals surface area contributed by atoms with Gasteiger partial charge in [0, 0.05) is 20.3 Å². The molecule has 3 heteroatoms. The molecule has 1 aromatic heterocycles. The summed E-state index contributed by atoms with van der Waals surface area (Å²) in [6.45, 7) is 2.05. The molecule has 1 rings (SSSR count). The molecule has 0 N–H and O–H groups in total. The van der Waals surface area contributed by atoms with Gasteiger partial charge in [-0.3, -0.25) is 0 Å². The van der Waals surface area contributed by atoms with Gasteiger partial charge in [-0.15, -0.1) is 0 Å². The van der Waals surface area contributed by atoms with E-state index in [2.05, 4.69) is 27.8 Å². The van der Waals surface area contributed by atoms with Gasteiger partial charge < -0.3 is 4.90 Å². The standard InChI is InChI=1S/C8H11BrN2/c1-6-4-5-10-8(7(6)9)11(2)3/h4-5H,1-3H3. The van der Waals surface area contributed by atoms with Crippen molar-refractivity contribution < 1.29 is 0 Å². The molecule has 0 bridgehead atoms. The number of nitrogens with zero attached hydrogens (tertiary/aromatic N) is 2. The molecule has 0 aromatic carbocycles. The summed E-state index contributed by atoms with van der Waals surface area (Å²) in [6.07, 6.45) is 1.81. The van der Waals surface area contributed by atoms with E-state index in [-0.39, 0.29) is 0 Å². The van der Waals surface area contributed by atoms with Crippen LogP contribution in [0.25, 0.3) is 0 Å². The maximum Gasteiger partial charge on any atom is 0.142 e. The van der Waals surface area contributed by atoms with Crippen molar-refractivity contribution in [1.82, 2.24) is 4.98 Å². The van der Waals surface area contributed by atoms with Crippen LogP contribution in [0.15, 0.2) is 16.7 Å². The fourth-order valence-corrected chi connectivity index (χ4v) is 1.43. The third kappa shape index (κ3) is 1.71. The summed E-state index contributed by atoms with van der Waals surface area (Å²) < 4.78 is 1.07. The summed E-state index contributed by atoms with van der Waals surface area (Å²) >= 11 is 3.48. The number of aromatic nitrogens is 1. The van der Waals surface area contributed by atoms with E-state index in [0.29, 0.717) is 0 Å². The summed E-state index contributed by atoms with van der Waals surface area (Å²) in [7, 11) is 3.96. The number of rotatable bonds is 1. The van der Waals surface area contributed by atoms with Crippen molar-refractivity contribution in [2.75, 3.05) is 19.0 Å². The van der Waals surface area contributed by atoms with Crippen molar-refractivity contribution in [3.63, 3.8) is 0 Å². The van der Waals surface area contributed by atoms with Crippen LogP contribution in [0.2, 0.25) is 0 Å². The van der Waals surface area contributed by atoms with Gasteiger partial charge in [0.1, 0.15) is 5.82 Å². The van der Waals surface area contributed by atoms with Crippen molar-refractivity contribution in [3.05, 3.63) is 22.3 Å². The minimum absolute atomic E-state index is 0.977. The summed E-state index contributed by atoms with van der Waals surface area (Å²) in [5.41, 5.74) is 1.21. The quantitative estimate of drug-likeness (QED) is 0.713. The Balaban J connectivity index is 3.17. The average Bonchev–Trinajstić information content (AvgIpc) is 1.94. The highest BCUT2D eigenvalue weighted by Crippen LogP contribution is 2.24. The fraction of sp³-hybridized carbons (Fsp3) is 0.375. The second kappa shape index (κ2) is 3.22. The van der Waals surface area contributed by atoms with Crippen LogP contribution in [0.3, 0.4) is 0 Å². The molecule has 11 heavy (non-hydrogen) atoms. The number of hydrogen-bond donors (Lipinski definition) is 0. The Hall–Kier alpha value is -0.570. The highest BCUT2D eigenvalue weighted by atomic mass is 79.9. The monoisotopic (exact) mass is 214 g/mol. The van der Waals surface area contributed by atoms with E-state index in [9.17, 15) is 0 Å². The molecule has 0 spiro atoms. The smallest absolute Gasteiger partial charge is 0.142 e. The minimum Gasteiger partial charge on any atom is -0.362 e. The second-order valence-corrected chi connectivity index (χ2v) is 3.45. The zero-order chi connectivity index (χ0) is 8.43. The summed E-state index contributed by atoms with van der Waals surface area (Å²) in [4.78, 5) is 6.20. The van der Waals surface area contributed by atoms with Gasteiger partial charge >= 0.3 is 0 Å². The predicted octanol–water partition coefficient (Wildman–Crippen LogP) is 2.22. The van der Waals surface area contributed by atoms with Crippen molar-refractivity contribution in [1.29, 1.82) is 0 Å². The van der Waals surface area contributed by atoms with E-state index < -0.39 is 0 Å². The normalized spacial score (nSPS) is 9.82. The van der Waals surface area contributed by atoms with Crippen LogP contribution in [0, 0.1) is 6.92 Å². The Kier molecular flexibility index (Phi) is 2.49. The topological polar surface area (TPSA) is 16.1 Å². The SMILES string of the molecule is Cc1ccnc(N(C)C)c1Br. The minimum atomic E-state index is 0.977. The Bertz CT molecular complexity index is 258. The molecule has 1 aromatic rings.